The fourth-order valence-corrected chi connectivity index (χ4v) is 2.44. The number of amides is 1. The molecule has 1 unspecified atom stereocenters. The van der Waals surface area contributed by atoms with Gasteiger partial charge in [0.05, 0.1) is 0 Å². The highest BCUT2D eigenvalue weighted by Gasteiger charge is 2.25. The van der Waals surface area contributed by atoms with E-state index in [9.17, 15) is 4.79 Å². The maximum absolute atomic E-state index is 12.2. The lowest BCUT2D eigenvalue weighted by Gasteiger charge is -2.31. The van der Waals surface area contributed by atoms with E-state index in [1.165, 1.54) is 16.7 Å². The Morgan fingerprint density at radius 3 is 2.95 bits per heavy atom. The standard InChI is InChI=1S/C15H23N3O/c1-11-4-5-13(12(2)8-11)9-17-15(19)14-10-16-6-7-18(14)3/h4-5,8,14,16H,6-7,9-10H2,1-3H3,(H,17,19). The predicted molar refractivity (Wildman–Crippen MR) is 77.1 cm³/mol. The number of hydrogen-bond donors (Lipinski definition) is 2. The summed E-state index contributed by atoms with van der Waals surface area (Å²) in [7, 11) is 2.00. The number of rotatable bonds is 3. The van der Waals surface area contributed by atoms with Crippen molar-refractivity contribution < 1.29 is 4.79 Å². The van der Waals surface area contributed by atoms with E-state index in [-0.39, 0.29) is 11.9 Å². The van der Waals surface area contributed by atoms with Crippen molar-refractivity contribution >= 4 is 5.91 Å². The van der Waals surface area contributed by atoms with Gasteiger partial charge in [0.2, 0.25) is 5.91 Å². The van der Waals surface area contributed by atoms with Crippen molar-refractivity contribution in [2.45, 2.75) is 26.4 Å². The lowest BCUT2D eigenvalue weighted by molar-refractivity contribution is -0.126. The fraction of sp³-hybridized carbons (Fsp3) is 0.533. The molecule has 2 rings (SSSR count). The SMILES string of the molecule is Cc1ccc(CNC(=O)C2CNCCN2C)c(C)c1. The highest BCUT2D eigenvalue weighted by Crippen LogP contribution is 2.10. The van der Waals surface area contributed by atoms with Gasteiger partial charge in [-0.15, -0.1) is 0 Å². The summed E-state index contributed by atoms with van der Waals surface area (Å²) in [4.78, 5) is 14.3. The zero-order valence-corrected chi connectivity index (χ0v) is 12.0. The van der Waals surface area contributed by atoms with Crippen LogP contribution >= 0.6 is 0 Å². The zero-order chi connectivity index (χ0) is 13.8. The molecule has 1 aliphatic heterocycles. The van der Waals surface area contributed by atoms with Gasteiger partial charge >= 0.3 is 0 Å². The molecule has 0 aromatic heterocycles. The number of carbonyl (C=O) groups excluding carboxylic acids is 1. The number of nitrogens with one attached hydrogen (secondary N) is 2. The van der Waals surface area contributed by atoms with Crippen LogP contribution in [0.25, 0.3) is 0 Å². The molecular weight excluding hydrogens is 238 g/mol. The molecule has 2 N–H and O–H groups in total. The first-order chi connectivity index (χ1) is 9.08. The average Bonchev–Trinajstić information content (AvgIpc) is 2.38. The van der Waals surface area contributed by atoms with Crippen LogP contribution in [0.15, 0.2) is 18.2 Å². The summed E-state index contributed by atoms with van der Waals surface area (Å²) < 4.78 is 0. The molecule has 1 amide bonds. The van der Waals surface area contributed by atoms with E-state index in [0.29, 0.717) is 6.54 Å². The van der Waals surface area contributed by atoms with Gasteiger partial charge in [0.1, 0.15) is 6.04 Å². The fourth-order valence-electron chi connectivity index (χ4n) is 2.44. The number of carbonyl (C=O) groups is 1. The molecule has 1 atom stereocenters. The van der Waals surface area contributed by atoms with Gasteiger partial charge in [-0.1, -0.05) is 23.8 Å². The Labute approximate surface area is 115 Å². The van der Waals surface area contributed by atoms with Crippen molar-refractivity contribution in [3.63, 3.8) is 0 Å². The summed E-state index contributed by atoms with van der Waals surface area (Å²) in [6, 6.07) is 6.27. The van der Waals surface area contributed by atoms with Crippen LogP contribution in [0, 0.1) is 13.8 Å². The number of piperazine rings is 1. The van der Waals surface area contributed by atoms with Crippen molar-refractivity contribution in [3.8, 4) is 0 Å². The van der Waals surface area contributed by atoms with Gasteiger partial charge in [0, 0.05) is 26.2 Å². The summed E-state index contributed by atoms with van der Waals surface area (Å²) in [5, 5.41) is 6.30. The first-order valence-electron chi connectivity index (χ1n) is 6.82. The maximum Gasteiger partial charge on any atom is 0.238 e. The molecule has 1 heterocycles. The van der Waals surface area contributed by atoms with Gasteiger partial charge in [-0.3, -0.25) is 9.69 Å². The van der Waals surface area contributed by atoms with E-state index in [4.69, 9.17) is 0 Å². The zero-order valence-electron chi connectivity index (χ0n) is 12.0. The van der Waals surface area contributed by atoms with Crippen LogP contribution in [0.4, 0.5) is 0 Å². The van der Waals surface area contributed by atoms with Crippen molar-refractivity contribution in [3.05, 3.63) is 34.9 Å². The van der Waals surface area contributed by atoms with Crippen LogP contribution < -0.4 is 10.6 Å². The Morgan fingerprint density at radius 2 is 2.26 bits per heavy atom. The largest absolute Gasteiger partial charge is 0.351 e. The number of aryl methyl sites for hydroxylation is 2. The smallest absolute Gasteiger partial charge is 0.238 e. The van der Waals surface area contributed by atoms with Crippen LogP contribution in [0.2, 0.25) is 0 Å². The minimum Gasteiger partial charge on any atom is -0.351 e. The number of nitrogens with zero attached hydrogens (tertiary/aromatic N) is 1. The van der Waals surface area contributed by atoms with Crippen molar-refractivity contribution in [1.29, 1.82) is 0 Å². The van der Waals surface area contributed by atoms with Gasteiger partial charge in [-0.25, -0.2) is 0 Å². The Balaban J connectivity index is 1.92. The molecule has 1 fully saturated rings. The van der Waals surface area contributed by atoms with Crippen LogP contribution in [0.5, 0.6) is 0 Å². The topological polar surface area (TPSA) is 44.4 Å². The average molecular weight is 261 g/mol. The molecule has 4 nitrogen and oxygen atoms in total. The molecule has 1 aromatic rings. The molecule has 1 saturated heterocycles. The van der Waals surface area contributed by atoms with Crippen LogP contribution in [0.3, 0.4) is 0 Å². The van der Waals surface area contributed by atoms with Gasteiger partial charge < -0.3 is 10.6 Å². The summed E-state index contributed by atoms with van der Waals surface area (Å²) in [6.45, 7) is 7.38. The second kappa shape index (κ2) is 6.17. The first kappa shape index (κ1) is 14.0. The molecule has 0 saturated carbocycles. The van der Waals surface area contributed by atoms with Crippen LogP contribution in [-0.4, -0.2) is 43.5 Å². The Kier molecular flexibility index (Phi) is 4.56. The molecule has 0 bridgehead atoms. The molecular formula is C15H23N3O. The summed E-state index contributed by atoms with van der Waals surface area (Å²) in [6.07, 6.45) is 0. The highest BCUT2D eigenvalue weighted by atomic mass is 16.2. The van der Waals surface area contributed by atoms with Crippen molar-refractivity contribution in [1.82, 2.24) is 15.5 Å². The lowest BCUT2D eigenvalue weighted by atomic mass is 10.1. The molecule has 0 aliphatic carbocycles. The predicted octanol–water partition coefficient (Wildman–Crippen LogP) is 0.823. The van der Waals surface area contributed by atoms with E-state index in [1.807, 2.05) is 7.05 Å². The van der Waals surface area contributed by atoms with Crippen molar-refractivity contribution in [2.75, 3.05) is 26.7 Å². The number of benzene rings is 1. The second-order valence-corrected chi connectivity index (χ2v) is 5.35. The Hall–Kier alpha value is -1.39. The summed E-state index contributed by atoms with van der Waals surface area (Å²) in [5.41, 5.74) is 3.67. The van der Waals surface area contributed by atoms with E-state index in [2.05, 4.69) is 47.6 Å². The molecule has 0 spiro atoms. The van der Waals surface area contributed by atoms with Crippen molar-refractivity contribution in [2.24, 2.45) is 0 Å². The van der Waals surface area contributed by atoms with Gasteiger partial charge in [-0.05, 0) is 32.0 Å². The Bertz CT molecular complexity index is 459. The summed E-state index contributed by atoms with van der Waals surface area (Å²) in [5.74, 6) is 0.106. The first-order valence-corrected chi connectivity index (χ1v) is 6.82. The molecule has 1 aliphatic rings. The van der Waals surface area contributed by atoms with Gasteiger partial charge in [-0.2, -0.15) is 0 Å². The van der Waals surface area contributed by atoms with E-state index in [1.54, 1.807) is 0 Å². The van der Waals surface area contributed by atoms with E-state index >= 15 is 0 Å². The molecule has 1 aromatic carbocycles. The quantitative estimate of drug-likeness (QED) is 0.847. The third-order valence-electron chi connectivity index (χ3n) is 3.76. The van der Waals surface area contributed by atoms with Crippen LogP contribution in [0.1, 0.15) is 16.7 Å². The van der Waals surface area contributed by atoms with Gasteiger partial charge in [0.25, 0.3) is 0 Å². The van der Waals surface area contributed by atoms with E-state index < -0.39 is 0 Å². The summed E-state index contributed by atoms with van der Waals surface area (Å²) >= 11 is 0. The molecule has 19 heavy (non-hydrogen) atoms. The number of hydrogen-bond acceptors (Lipinski definition) is 3. The Morgan fingerprint density at radius 1 is 1.47 bits per heavy atom. The van der Waals surface area contributed by atoms with E-state index in [0.717, 1.165) is 19.6 Å². The minimum atomic E-state index is -0.0560. The molecule has 4 heteroatoms. The number of likely N-dealkylation sites (N-methyl/N-ethyl adjacent to an activating group) is 1. The lowest BCUT2D eigenvalue weighted by Crippen LogP contribution is -2.56. The molecule has 0 radical (unpaired) electrons. The third kappa shape index (κ3) is 3.55. The minimum absolute atomic E-state index is 0.0560. The second-order valence-electron chi connectivity index (χ2n) is 5.35. The highest BCUT2D eigenvalue weighted by molar-refractivity contribution is 5.82. The normalized spacial score (nSPS) is 20.3. The molecule has 104 valence electrons. The monoisotopic (exact) mass is 261 g/mol. The maximum atomic E-state index is 12.2. The third-order valence-corrected chi connectivity index (χ3v) is 3.76. The van der Waals surface area contributed by atoms with Crippen LogP contribution in [-0.2, 0) is 11.3 Å². The van der Waals surface area contributed by atoms with Gasteiger partial charge in [0.15, 0.2) is 0 Å².